The van der Waals surface area contributed by atoms with Gasteiger partial charge in [0.2, 0.25) is 0 Å². The first kappa shape index (κ1) is 12.7. The number of aromatic hydroxyl groups is 1. The van der Waals surface area contributed by atoms with E-state index < -0.39 is 0 Å². The number of rotatable bonds is 2. The van der Waals surface area contributed by atoms with E-state index in [-0.39, 0.29) is 5.41 Å². The summed E-state index contributed by atoms with van der Waals surface area (Å²) in [5.41, 5.74) is 4.87. The zero-order chi connectivity index (χ0) is 13.3. The van der Waals surface area contributed by atoms with E-state index >= 15 is 0 Å². The van der Waals surface area contributed by atoms with Gasteiger partial charge in [0.05, 0.1) is 0 Å². The molecule has 0 radical (unpaired) electrons. The highest BCUT2D eigenvalue weighted by atomic mass is 16.3. The van der Waals surface area contributed by atoms with Crippen LogP contribution < -0.4 is 0 Å². The summed E-state index contributed by atoms with van der Waals surface area (Å²) in [7, 11) is 0. The molecule has 0 bridgehead atoms. The molecule has 2 aromatic carbocycles. The van der Waals surface area contributed by atoms with Crippen LogP contribution in [0.5, 0.6) is 5.75 Å². The number of hydrogen-bond acceptors (Lipinski definition) is 1. The first-order valence-corrected chi connectivity index (χ1v) is 6.29. The Morgan fingerprint density at radius 3 is 2.11 bits per heavy atom. The molecule has 0 aliphatic heterocycles. The maximum atomic E-state index is 9.72. The molecule has 1 heteroatoms. The second-order valence-corrected chi connectivity index (χ2v) is 5.44. The molecule has 0 unspecified atom stereocenters. The molecule has 0 fully saturated rings. The van der Waals surface area contributed by atoms with Crippen molar-refractivity contribution in [1.82, 2.24) is 0 Å². The molecule has 0 amide bonds. The number of benzene rings is 2. The van der Waals surface area contributed by atoms with Crippen LogP contribution in [0.15, 0.2) is 42.5 Å². The predicted molar refractivity (Wildman–Crippen MR) is 76.2 cm³/mol. The van der Waals surface area contributed by atoms with E-state index in [2.05, 4.69) is 52.0 Å². The normalized spacial score (nSPS) is 11.6. The minimum atomic E-state index is -0.103. The molecule has 94 valence electrons. The molecule has 1 nitrogen and oxygen atoms in total. The van der Waals surface area contributed by atoms with Gasteiger partial charge in [-0.2, -0.15) is 0 Å². The zero-order valence-corrected chi connectivity index (χ0v) is 11.5. The molecule has 18 heavy (non-hydrogen) atoms. The Labute approximate surface area is 109 Å². The minimum absolute atomic E-state index is 0.103. The summed E-state index contributed by atoms with van der Waals surface area (Å²) in [4.78, 5) is 0. The lowest BCUT2D eigenvalue weighted by atomic mass is 9.74. The maximum Gasteiger partial charge on any atom is 0.115 e. The molecule has 0 saturated heterocycles. The van der Waals surface area contributed by atoms with Gasteiger partial charge < -0.3 is 5.11 Å². The van der Waals surface area contributed by atoms with E-state index in [1.807, 2.05) is 12.1 Å². The van der Waals surface area contributed by atoms with Crippen molar-refractivity contribution in [3.63, 3.8) is 0 Å². The third kappa shape index (κ3) is 2.13. The van der Waals surface area contributed by atoms with Gasteiger partial charge >= 0.3 is 0 Å². The summed E-state index contributed by atoms with van der Waals surface area (Å²) in [5, 5.41) is 9.72. The highest BCUT2D eigenvalue weighted by Gasteiger charge is 2.26. The highest BCUT2D eigenvalue weighted by Crippen LogP contribution is 2.36. The molecule has 0 atom stereocenters. The Hall–Kier alpha value is -1.76. The maximum absolute atomic E-state index is 9.72. The SMILES string of the molecule is Cc1ccccc1C(C)(C)c1cc(O)ccc1C. The molecule has 0 aliphatic rings. The van der Waals surface area contributed by atoms with E-state index in [4.69, 9.17) is 0 Å². The first-order valence-electron chi connectivity index (χ1n) is 6.29. The summed E-state index contributed by atoms with van der Waals surface area (Å²) in [5.74, 6) is 0.331. The van der Waals surface area contributed by atoms with Crippen LogP contribution in [0.4, 0.5) is 0 Å². The fraction of sp³-hybridized carbons (Fsp3) is 0.294. The number of hydrogen-bond donors (Lipinski definition) is 1. The van der Waals surface area contributed by atoms with E-state index in [0.29, 0.717) is 5.75 Å². The van der Waals surface area contributed by atoms with Crippen LogP contribution in [0.2, 0.25) is 0 Å². The standard InChI is InChI=1S/C17H20O/c1-12-7-5-6-8-15(12)17(3,4)16-11-14(18)10-9-13(16)2/h5-11,18H,1-4H3. The van der Waals surface area contributed by atoms with E-state index in [1.165, 1.54) is 22.3 Å². The average Bonchev–Trinajstić information content (AvgIpc) is 2.32. The van der Waals surface area contributed by atoms with E-state index in [1.54, 1.807) is 6.07 Å². The number of aryl methyl sites for hydroxylation is 2. The van der Waals surface area contributed by atoms with Gasteiger partial charge in [0.1, 0.15) is 5.75 Å². The number of phenols is 1. The monoisotopic (exact) mass is 240 g/mol. The van der Waals surface area contributed by atoms with Gasteiger partial charge in [-0.1, -0.05) is 44.2 Å². The van der Waals surface area contributed by atoms with Crippen molar-refractivity contribution in [2.75, 3.05) is 0 Å². The molecule has 0 saturated carbocycles. The van der Waals surface area contributed by atoms with Gasteiger partial charge in [-0.25, -0.2) is 0 Å². The Balaban J connectivity index is 2.61. The summed E-state index contributed by atoms with van der Waals surface area (Å²) in [6, 6.07) is 14.0. The quantitative estimate of drug-likeness (QED) is 0.828. The first-order chi connectivity index (χ1) is 8.43. The summed E-state index contributed by atoms with van der Waals surface area (Å²) >= 11 is 0. The molecule has 0 spiro atoms. The lowest BCUT2D eigenvalue weighted by Crippen LogP contribution is -2.21. The van der Waals surface area contributed by atoms with Crippen molar-refractivity contribution in [2.24, 2.45) is 0 Å². The third-order valence-electron chi connectivity index (χ3n) is 3.71. The van der Waals surface area contributed by atoms with Gasteiger partial charge in [0, 0.05) is 5.41 Å². The van der Waals surface area contributed by atoms with Crippen LogP contribution in [0.3, 0.4) is 0 Å². The van der Waals surface area contributed by atoms with Crippen molar-refractivity contribution in [3.05, 3.63) is 64.7 Å². The Morgan fingerprint density at radius 1 is 0.833 bits per heavy atom. The molecular weight excluding hydrogens is 220 g/mol. The molecule has 1 N–H and O–H groups in total. The van der Waals surface area contributed by atoms with Crippen LogP contribution >= 0.6 is 0 Å². The predicted octanol–water partition coefficient (Wildman–Crippen LogP) is 4.33. The second kappa shape index (κ2) is 4.49. The van der Waals surface area contributed by atoms with Gasteiger partial charge in [0.25, 0.3) is 0 Å². The summed E-state index contributed by atoms with van der Waals surface area (Å²) < 4.78 is 0. The molecular formula is C17H20O. The van der Waals surface area contributed by atoms with Gasteiger partial charge in [-0.3, -0.25) is 0 Å². The zero-order valence-electron chi connectivity index (χ0n) is 11.5. The average molecular weight is 240 g/mol. The summed E-state index contributed by atoms with van der Waals surface area (Å²) in [6.45, 7) is 8.64. The lowest BCUT2D eigenvalue weighted by molar-refractivity contribution is 0.472. The highest BCUT2D eigenvalue weighted by molar-refractivity contribution is 5.47. The largest absolute Gasteiger partial charge is 0.508 e. The Kier molecular flexibility index (Phi) is 3.16. The molecule has 2 aromatic rings. The third-order valence-corrected chi connectivity index (χ3v) is 3.71. The van der Waals surface area contributed by atoms with E-state index in [9.17, 15) is 5.11 Å². The van der Waals surface area contributed by atoms with Crippen LogP contribution in [-0.2, 0) is 5.41 Å². The molecule has 0 aromatic heterocycles. The fourth-order valence-corrected chi connectivity index (χ4v) is 2.70. The fourth-order valence-electron chi connectivity index (χ4n) is 2.70. The summed E-state index contributed by atoms with van der Waals surface area (Å²) in [6.07, 6.45) is 0. The molecule has 2 rings (SSSR count). The lowest BCUT2D eigenvalue weighted by Gasteiger charge is -2.29. The topological polar surface area (TPSA) is 20.2 Å². The molecule has 0 aliphatic carbocycles. The van der Waals surface area contributed by atoms with Crippen molar-refractivity contribution >= 4 is 0 Å². The van der Waals surface area contributed by atoms with Crippen molar-refractivity contribution in [1.29, 1.82) is 0 Å². The second-order valence-electron chi connectivity index (χ2n) is 5.44. The number of phenolic OH excluding ortho intramolecular Hbond substituents is 1. The van der Waals surface area contributed by atoms with Crippen LogP contribution in [-0.4, -0.2) is 5.11 Å². The van der Waals surface area contributed by atoms with Gasteiger partial charge in [-0.15, -0.1) is 0 Å². The Bertz CT molecular complexity index is 568. The minimum Gasteiger partial charge on any atom is -0.508 e. The van der Waals surface area contributed by atoms with Crippen molar-refractivity contribution in [2.45, 2.75) is 33.1 Å². The smallest absolute Gasteiger partial charge is 0.115 e. The van der Waals surface area contributed by atoms with Crippen molar-refractivity contribution < 1.29 is 5.11 Å². The van der Waals surface area contributed by atoms with Gasteiger partial charge in [0.15, 0.2) is 0 Å². The van der Waals surface area contributed by atoms with Gasteiger partial charge in [-0.05, 0) is 48.2 Å². The van der Waals surface area contributed by atoms with Crippen LogP contribution in [0.25, 0.3) is 0 Å². The van der Waals surface area contributed by atoms with Crippen LogP contribution in [0.1, 0.15) is 36.1 Å². The van der Waals surface area contributed by atoms with Crippen LogP contribution in [0, 0.1) is 13.8 Å². The molecule has 0 heterocycles. The Morgan fingerprint density at radius 2 is 1.44 bits per heavy atom. The van der Waals surface area contributed by atoms with Crippen molar-refractivity contribution in [3.8, 4) is 5.75 Å². The van der Waals surface area contributed by atoms with E-state index in [0.717, 1.165) is 0 Å².